The highest BCUT2D eigenvalue weighted by Gasteiger charge is 2.27. The van der Waals surface area contributed by atoms with Crippen LogP contribution in [0.1, 0.15) is 52.7 Å². The van der Waals surface area contributed by atoms with Crippen molar-refractivity contribution in [1.29, 1.82) is 0 Å². The molecule has 1 heterocycles. The standard InChI is InChI=1S/C17H24N2O2S2/c1-16(2,3)11-8-10(9-12(13(11)20)17(4,5)6)21-14-18-19-15(22-7)23-14/h8-9,20H,1-7H3. The number of hydrogen-bond acceptors (Lipinski definition) is 6. The molecule has 1 aromatic heterocycles. The summed E-state index contributed by atoms with van der Waals surface area (Å²) in [6, 6.07) is 3.79. The highest BCUT2D eigenvalue weighted by atomic mass is 32.2. The number of phenols is 1. The predicted molar refractivity (Wildman–Crippen MR) is 97.3 cm³/mol. The monoisotopic (exact) mass is 352 g/mol. The third-order valence-corrected chi connectivity index (χ3v) is 5.24. The lowest BCUT2D eigenvalue weighted by Gasteiger charge is -2.27. The van der Waals surface area contributed by atoms with E-state index in [0.29, 0.717) is 16.7 Å². The van der Waals surface area contributed by atoms with Gasteiger partial charge in [-0.15, -0.1) is 5.10 Å². The van der Waals surface area contributed by atoms with E-state index in [1.54, 1.807) is 11.8 Å². The predicted octanol–water partition coefficient (Wildman–Crippen LogP) is 5.35. The minimum Gasteiger partial charge on any atom is -0.507 e. The van der Waals surface area contributed by atoms with Crippen molar-refractivity contribution in [3.05, 3.63) is 23.3 Å². The molecule has 2 aromatic rings. The lowest BCUT2D eigenvalue weighted by Crippen LogP contribution is -2.17. The van der Waals surface area contributed by atoms with Gasteiger partial charge in [0, 0.05) is 11.1 Å². The summed E-state index contributed by atoms with van der Waals surface area (Å²) in [6.07, 6.45) is 1.96. The van der Waals surface area contributed by atoms with Gasteiger partial charge in [-0.2, -0.15) is 0 Å². The van der Waals surface area contributed by atoms with Crippen molar-refractivity contribution in [2.75, 3.05) is 6.26 Å². The third kappa shape index (κ3) is 4.18. The molecule has 0 saturated heterocycles. The Labute approximate surface area is 146 Å². The summed E-state index contributed by atoms with van der Waals surface area (Å²) in [7, 11) is 0. The summed E-state index contributed by atoms with van der Waals surface area (Å²) in [4.78, 5) is 0. The van der Waals surface area contributed by atoms with E-state index >= 15 is 0 Å². The van der Waals surface area contributed by atoms with E-state index in [4.69, 9.17) is 4.74 Å². The van der Waals surface area contributed by atoms with Crippen molar-refractivity contribution in [1.82, 2.24) is 10.2 Å². The van der Waals surface area contributed by atoms with Crippen molar-refractivity contribution < 1.29 is 9.84 Å². The molecule has 0 fully saturated rings. The molecule has 1 aromatic carbocycles. The molecule has 0 atom stereocenters. The Morgan fingerprint density at radius 2 is 1.52 bits per heavy atom. The molecule has 0 radical (unpaired) electrons. The Kier molecular flexibility index (Phi) is 4.97. The van der Waals surface area contributed by atoms with Crippen LogP contribution in [-0.4, -0.2) is 21.6 Å². The first-order valence-electron chi connectivity index (χ1n) is 7.45. The second kappa shape index (κ2) is 6.32. The molecular formula is C17H24N2O2S2. The Balaban J connectivity index is 2.51. The Morgan fingerprint density at radius 1 is 1.00 bits per heavy atom. The zero-order valence-electron chi connectivity index (χ0n) is 14.7. The van der Waals surface area contributed by atoms with Gasteiger partial charge in [-0.3, -0.25) is 0 Å². The smallest absolute Gasteiger partial charge is 0.300 e. The molecule has 1 N–H and O–H groups in total. The summed E-state index contributed by atoms with van der Waals surface area (Å²) in [5, 5.41) is 19.3. The van der Waals surface area contributed by atoms with Crippen molar-refractivity contribution in [2.45, 2.75) is 56.7 Å². The number of thioether (sulfide) groups is 1. The van der Waals surface area contributed by atoms with Gasteiger partial charge in [-0.1, -0.05) is 58.4 Å². The molecule has 0 amide bonds. The van der Waals surface area contributed by atoms with E-state index in [1.165, 1.54) is 11.3 Å². The lowest BCUT2D eigenvalue weighted by molar-refractivity contribution is 0.414. The molecule has 0 unspecified atom stereocenters. The number of nitrogens with zero attached hydrogens (tertiary/aromatic N) is 2. The number of aromatic hydroxyl groups is 1. The molecule has 0 aliphatic rings. The van der Waals surface area contributed by atoms with Crippen molar-refractivity contribution >= 4 is 23.1 Å². The Morgan fingerprint density at radius 3 is 1.91 bits per heavy atom. The number of benzene rings is 1. The molecule has 0 aliphatic carbocycles. The van der Waals surface area contributed by atoms with Crippen LogP contribution < -0.4 is 4.74 Å². The number of ether oxygens (including phenoxy) is 1. The third-order valence-electron chi connectivity index (χ3n) is 3.47. The number of hydrogen-bond donors (Lipinski definition) is 1. The van der Waals surface area contributed by atoms with Crippen LogP contribution in [0.15, 0.2) is 16.5 Å². The zero-order valence-corrected chi connectivity index (χ0v) is 16.4. The molecule has 4 nitrogen and oxygen atoms in total. The number of aromatic nitrogens is 2. The summed E-state index contributed by atoms with van der Waals surface area (Å²) in [5.41, 5.74) is 1.37. The van der Waals surface area contributed by atoms with Crippen LogP contribution in [0, 0.1) is 0 Å². The lowest BCUT2D eigenvalue weighted by atomic mass is 9.79. The zero-order chi connectivity index (χ0) is 17.4. The highest BCUT2D eigenvalue weighted by molar-refractivity contribution is 8.00. The molecule has 126 valence electrons. The summed E-state index contributed by atoms with van der Waals surface area (Å²) >= 11 is 2.96. The highest BCUT2D eigenvalue weighted by Crippen LogP contribution is 2.42. The molecule has 6 heteroatoms. The van der Waals surface area contributed by atoms with Gasteiger partial charge < -0.3 is 9.84 Å². The Bertz CT molecular complexity index is 662. The van der Waals surface area contributed by atoms with E-state index in [0.717, 1.165) is 15.5 Å². The van der Waals surface area contributed by atoms with Gasteiger partial charge in [0.25, 0.3) is 5.19 Å². The largest absolute Gasteiger partial charge is 0.507 e. The van der Waals surface area contributed by atoms with Gasteiger partial charge in [-0.25, -0.2) is 0 Å². The van der Waals surface area contributed by atoms with E-state index < -0.39 is 0 Å². The molecule has 23 heavy (non-hydrogen) atoms. The Hall–Kier alpha value is -1.27. The van der Waals surface area contributed by atoms with E-state index in [2.05, 4.69) is 51.7 Å². The second-order valence-corrected chi connectivity index (χ2v) is 9.50. The first-order valence-corrected chi connectivity index (χ1v) is 9.50. The van der Waals surface area contributed by atoms with Crippen LogP contribution >= 0.6 is 23.1 Å². The maximum atomic E-state index is 10.7. The van der Waals surface area contributed by atoms with E-state index in [-0.39, 0.29) is 10.8 Å². The van der Waals surface area contributed by atoms with Crippen LogP contribution in [0.5, 0.6) is 16.7 Å². The van der Waals surface area contributed by atoms with Crippen molar-refractivity contribution in [3.8, 4) is 16.7 Å². The quantitative estimate of drug-likeness (QED) is 0.754. The van der Waals surface area contributed by atoms with Crippen LogP contribution in [0.3, 0.4) is 0 Å². The van der Waals surface area contributed by atoms with Crippen LogP contribution in [-0.2, 0) is 10.8 Å². The molecule has 0 bridgehead atoms. The number of rotatable bonds is 3. The van der Waals surface area contributed by atoms with Gasteiger partial charge in [0.15, 0.2) is 4.34 Å². The maximum absolute atomic E-state index is 10.7. The fourth-order valence-corrected chi connectivity index (χ4v) is 3.35. The van der Waals surface area contributed by atoms with Crippen LogP contribution in [0.4, 0.5) is 0 Å². The molecule has 2 rings (SSSR count). The van der Waals surface area contributed by atoms with Crippen LogP contribution in [0.25, 0.3) is 0 Å². The van der Waals surface area contributed by atoms with E-state index in [1.807, 2.05) is 18.4 Å². The van der Waals surface area contributed by atoms with Crippen LogP contribution in [0.2, 0.25) is 0 Å². The normalized spacial score (nSPS) is 12.5. The van der Waals surface area contributed by atoms with Crippen molar-refractivity contribution in [3.63, 3.8) is 0 Å². The minimum atomic E-state index is -0.186. The SMILES string of the molecule is CSc1nnc(Oc2cc(C(C)(C)C)c(O)c(C(C)(C)C)c2)s1. The minimum absolute atomic E-state index is 0.186. The van der Waals surface area contributed by atoms with Crippen molar-refractivity contribution in [2.24, 2.45) is 0 Å². The van der Waals surface area contributed by atoms with Gasteiger partial charge in [0.2, 0.25) is 0 Å². The summed E-state index contributed by atoms with van der Waals surface area (Å²) in [5.74, 6) is 1.03. The van der Waals surface area contributed by atoms with Gasteiger partial charge in [-0.05, 0) is 40.6 Å². The van der Waals surface area contributed by atoms with Gasteiger partial charge in [0.05, 0.1) is 0 Å². The fourth-order valence-electron chi connectivity index (χ4n) is 2.23. The summed E-state index contributed by atoms with van der Waals surface area (Å²) < 4.78 is 6.77. The van der Waals surface area contributed by atoms with Gasteiger partial charge >= 0.3 is 0 Å². The molecule has 0 aliphatic heterocycles. The first-order chi connectivity index (χ1) is 10.5. The molecule has 0 spiro atoms. The first kappa shape index (κ1) is 18.1. The van der Waals surface area contributed by atoms with E-state index in [9.17, 15) is 5.11 Å². The summed E-state index contributed by atoms with van der Waals surface area (Å²) in [6.45, 7) is 12.5. The topological polar surface area (TPSA) is 55.2 Å². The second-order valence-electron chi connectivity index (χ2n) is 7.51. The fraction of sp³-hybridized carbons (Fsp3) is 0.529. The average Bonchev–Trinajstić information content (AvgIpc) is 2.85. The molecule has 0 saturated carbocycles. The van der Waals surface area contributed by atoms with Gasteiger partial charge in [0.1, 0.15) is 11.5 Å². The maximum Gasteiger partial charge on any atom is 0.300 e. The molecular weight excluding hydrogens is 328 g/mol. The average molecular weight is 353 g/mol. The number of phenolic OH excluding ortho intramolecular Hbond substituents is 1.